The number of carbonyl (C=O) groups excluding carboxylic acids is 2. The molecule has 1 aliphatic rings. The Labute approximate surface area is 193 Å². The molecule has 3 rings (SSSR count). The van der Waals surface area contributed by atoms with Crippen LogP contribution >= 0.6 is 0 Å². The van der Waals surface area contributed by atoms with Crippen LogP contribution in [0.4, 0.5) is 4.79 Å². The molecule has 0 fully saturated rings. The molecule has 2 amide bonds. The van der Waals surface area contributed by atoms with Crippen LogP contribution in [0.1, 0.15) is 36.8 Å². The lowest BCUT2D eigenvalue weighted by Crippen LogP contribution is -2.40. The van der Waals surface area contributed by atoms with Crippen LogP contribution in [0, 0.1) is 5.92 Å². The van der Waals surface area contributed by atoms with E-state index in [1.165, 1.54) is 0 Å². The van der Waals surface area contributed by atoms with E-state index in [0.717, 1.165) is 22.3 Å². The van der Waals surface area contributed by atoms with Gasteiger partial charge in [-0.05, 0) is 28.7 Å². The lowest BCUT2D eigenvalue weighted by molar-refractivity contribution is -0.138. The first-order valence-corrected chi connectivity index (χ1v) is 11.2. The van der Waals surface area contributed by atoms with Gasteiger partial charge in [-0.2, -0.15) is 0 Å². The fraction of sp³-hybridized carbons (Fsp3) is 0.400. The third kappa shape index (κ3) is 6.55. The molecule has 8 nitrogen and oxygen atoms in total. The molecule has 0 aromatic heterocycles. The van der Waals surface area contributed by atoms with Crippen LogP contribution in [0.5, 0.6) is 0 Å². The second-order valence-corrected chi connectivity index (χ2v) is 7.86. The number of fused-ring (bicyclic) bond motifs is 3. The lowest BCUT2D eigenvalue weighted by atomic mass is 9.98. The molecule has 33 heavy (non-hydrogen) atoms. The number of carbonyl (C=O) groups is 3. The van der Waals surface area contributed by atoms with Crippen molar-refractivity contribution in [2.75, 3.05) is 32.9 Å². The van der Waals surface area contributed by atoms with E-state index in [9.17, 15) is 14.4 Å². The summed E-state index contributed by atoms with van der Waals surface area (Å²) in [5.41, 5.74) is 4.61. The van der Waals surface area contributed by atoms with E-state index in [4.69, 9.17) is 14.6 Å². The second-order valence-electron chi connectivity index (χ2n) is 7.86. The Morgan fingerprint density at radius 1 is 0.970 bits per heavy atom. The van der Waals surface area contributed by atoms with Gasteiger partial charge in [0.1, 0.15) is 6.61 Å². The summed E-state index contributed by atoms with van der Waals surface area (Å²) in [6.07, 6.45) is -0.0783. The van der Waals surface area contributed by atoms with Gasteiger partial charge in [0, 0.05) is 19.0 Å². The number of hydrogen-bond acceptors (Lipinski definition) is 5. The highest BCUT2D eigenvalue weighted by molar-refractivity contribution is 5.80. The molecule has 3 N–H and O–H groups in total. The fourth-order valence-corrected chi connectivity index (χ4v) is 3.93. The summed E-state index contributed by atoms with van der Waals surface area (Å²) in [4.78, 5) is 35.1. The van der Waals surface area contributed by atoms with E-state index in [1.54, 1.807) is 0 Å². The van der Waals surface area contributed by atoms with Gasteiger partial charge in [-0.1, -0.05) is 55.5 Å². The predicted octanol–water partition coefficient (Wildman–Crippen LogP) is 3.16. The predicted molar refractivity (Wildman–Crippen MR) is 123 cm³/mol. The van der Waals surface area contributed by atoms with Crippen molar-refractivity contribution in [3.63, 3.8) is 0 Å². The topological polar surface area (TPSA) is 114 Å². The number of amides is 2. The van der Waals surface area contributed by atoms with Crippen molar-refractivity contribution in [2.24, 2.45) is 5.92 Å². The number of carboxylic acid groups (broad SMARTS) is 1. The smallest absolute Gasteiger partial charge is 0.407 e. The third-order valence-electron chi connectivity index (χ3n) is 5.71. The maximum absolute atomic E-state index is 12.3. The highest BCUT2D eigenvalue weighted by Gasteiger charge is 2.29. The van der Waals surface area contributed by atoms with Crippen LogP contribution in [0.25, 0.3) is 11.1 Å². The number of carboxylic acids is 1. The number of benzene rings is 2. The average molecular weight is 455 g/mol. The van der Waals surface area contributed by atoms with Crippen LogP contribution in [0.3, 0.4) is 0 Å². The summed E-state index contributed by atoms with van der Waals surface area (Å²) in [5, 5.41) is 14.0. The number of nitrogens with one attached hydrogen (secondary N) is 2. The van der Waals surface area contributed by atoms with Crippen LogP contribution in [-0.4, -0.2) is 56.0 Å². The number of ether oxygens (including phenoxy) is 2. The molecule has 8 heteroatoms. The lowest BCUT2D eigenvalue weighted by Gasteiger charge is -2.17. The van der Waals surface area contributed by atoms with Crippen molar-refractivity contribution in [1.29, 1.82) is 0 Å². The summed E-state index contributed by atoms with van der Waals surface area (Å²) in [7, 11) is 0. The van der Waals surface area contributed by atoms with Gasteiger partial charge < -0.3 is 25.2 Å². The molecule has 2 aromatic rings. The number of rotatable bonds is 12. The molecule has 2 aromatic carbocycles. The number of alkyl carbamates (subject to hydrolysis) is 1. The minimum atomic E-state index is -0.926. The van der Waals surface area contributed by atoms with E-state index >= 15 is 0 Å². The normalized spacial score (nSPS) is 13.0. The molecule has 0 spiro atoms. The minimum Gasteiger partial charge on any atom is -0.481 e. The summed E-state index contributed by atoms with van der Waals surface area (Å²) < 4.78 is 10.7. The van der Waals surface area contributed by atoms with Gasteiger partial charge >= 0.3 is 12.1 Å². The molecule has 1 aliphatic carbocycles. The zero-order chi connectivity index (χ0) is 23.6. The average Bonchev–Trinajstić information content (AvgIpc) is 3.14. The minimum absolute atomic E-state index is 0.0189. The maximum atomic E-state index is 12.3. The van der Waals surface area contributed by atoms with Crippen molar-refractivity contribution >= 4 is 18.0 Å². The van der Waals surface area contributed by atoms with E-state index < -0.39 is 18.0 Å². The first-order valence-electron chi connectivity index (χ1n) is 11.2. The van der Waals surface area contributed by atoms with Crippen molar-refractivity contribution < 1.29 is 29.0 Å². The highest BCUT2D eigenvalue weighted by Crippen LogP contribution is 2.44. The van der Waals surface area contributed by atoms with Crippen molar-refractivity contribution in [2.45, 2.75) is 25.7 Å². The molecule has 0 saturated carbocycles. The molecular formula is C25H30N2O6. The zero-order valence-corrected chi connectivity index (χ0v) is 18.7. The number of hydrogen-bond donors (Lipinski definition) is 3. The summed E-state index contributed by atoms with van der Waals surface area (Å²) in [6.45, 7) is 2.86. The van der Waals surface area contributed by atoms with E-state index in [2.05, 4.69) is 34.9 Å². The van der Waals surface area contributed by atoms with Crippen LogP contribution in [0.15, 0.2) is 48.5 Å². The van der Waals surface area contributed by atoms with Crippen molar-refractivity contribution in [3.8, 4) is 11.1 Å². The standard InChI is InChI=1S/C25H30N2O6/c1-2-17(24(30)26-12-14-32-13-11-23(28)29)15-27-25(31)33-16-22-20-9-5-3-7-18(20)19-8-4-6-10-21(19)22/h3-10,17,22H,2,11-16H2,1H3,(H,26,30)(H,27,31)(H,28,29). The first kappa shape index (κ1) is 24.3. The second kappa shape index (κ2) is 12.0. The van der Waals surface area contributed by atoms with Crippen LogP contribution < -0.4 is 10.6 Å². The monoisotopic (exact) mass is 454 g/mol. The first-order chi connectivity index (χ1) is 16.0. The SMILES string of the molecule is CCC(CNC(=O)OCC1c2ccccc2-c2ccccc21)C(=O)NCCOCCC(=O)O. The Hall–Kier alpha value is -3.39. The quantitative estimate of drug-likeness (QED) is 0.425. The van der Waals surface area contributed by atoms with Crippen LogP contribution in [0.2, 0.25) is 0 Å². The largest absolute Gasteiger partial charge is 0.481 e. The van der Waals surface area contributed by atoms with E-state index in [0.29, 0.717) is 6.42 Å². The molecule has 1 unspecified atom stereocenters. The van der Waals surface area contributed by atoms with Gasteiger partial charge in [0.2, 0.25) is 5.91 Å². The van der Waals surface area contributed by atoms with Gasteiger partial charge in [-0.15, -0.1) is 0 Å². The number of aliphatic carboxylic acids is 1. The van der Waals surface area contributed by atoms with Crippen LogP contribution in [-0.2, 0) is 19.1 Å². The maximum Gasteiger partial charge on any atom is 0.407 e. The van der Waals surface area contributed by atoms with E-state index in [1.807, 2.05) is 31.2 Å². The van der Waals surface area contributed by atoms with Crippen molar-refractivity contribution in [1.82, 2.24) is 10.6 Å². The molecule has 0 bridgehead atoms. The van der Waals surface area contributed by atoms with Crippen molar-refractivity contribution in [3.05, 3.63) is 59.7 Å². The van der Waals surface area contributed by atoms with Gasteiger partial charge in [0.15, 0.2) is 0 Å². The van der Waals surface area contributed by atoms with Gasteiger partial charge in [-0.25, -0.2) is 4.79 Å². The molecule has 0 aliphatic heterocycles. The molecule has 176 valence electrons. The summed E-state index contributed by atoms with van der Waals surface area (Å²) >= 11 is 0. The molecule has 0 heterocycles. The van der Waals surface area contributed by atoms with Gasteiger partial charge in [0.05, 0.1) is 25.6 Å². The molecule has 0 radical (unpaired) electrons. The molecule has 0 saturated heterocycles. The zero-order valence-electron chi connectivity index (χ0n) is 18.7. The molecular weight excluding hydrogens is 424 g/mol. The Morgan fingerprint density at radius 2 is 1.61 bits per heavy atom. The fourth-order valence-electron chi connectivity index (χ4n) is 3.93. The van der Waals surface area contributed by atoms with E-state index in [-0.39, 0.29) is 51.2 Å². The Morgan fingerprint density at radius 3 is 2.21 bits per heavy atom. The Bertz CT molecular complexity index is 931. The Kier molecular flexibility index (Phi) is 8.83. The third-order valence-corrected chi connectivity index (χ3v) is 5.71. The molecule has 1 atom stereocenters. The Balaban J connectivity index is 1.42. The highest BCUT2D eigenvalue weighted by atomic mass is 16.5. The summed E-state index contributed by atoms with van der Waals surface area (Å²) in [5.74, 6) is -1.54. The summed E-state index contributed by atoms with van der Waals surface area (Å²) in [6, 6.07) is 16.3. The van der Waals surface area contributed by atoms with Gasteiger partial charge in [0.25, 0.3) is 0 Å². The van der Waals surface area contributed by atoms with Gasteiger partial charge in [-0.3, -0.25) is 9.59 Å².